The number of rotatable bonds is 2. The zero-order chi connectivity index (χ0) is 8.97. The second-order valence-corrected chi connectivity index (χ2v) is 3.23. The van der Waals surface area contributed by atoms with E-state index in [9.17, 15) is 4.79 Å². The van der Waals surface area contributed by atoms with Gasteiger partial charge in [0.1, 0.15) is 0 Å². The van der Waals surface area contributed by atoms with Crippen molar-refractivity contribution >= 4 is 6.03 Å². The van der Waals surface area contributed by atoms with Crippen LogP contribution in [0, 0.1) is 0 Å². The molecular weight excluding hydrogens is 156 g/mol. The molecule has 0 aromatic carbocycles. The van der Waals surface area contributed by atoms with Gasteiger partial charge in [-0.3, -0.25) is 0 Å². The molecule has 70 valence electrons. The lowest BCUT2D eigenvalue weighted by atomic mass is 10.4. The van der Waals surface area contributed by atoms with Crippen LogP contribution < -0.4 is 5.32 Å². The van der Waals surface area contributed by atoms with Crippen molar-refractivity contribution in [2.45, 2.75) is 25.9 Å². The second kappa shape index (κ2) is 4.30. The third-order valence-corrected chi connectivity index (χ3v) is 1.94. The standard InChI is InChI=1S/C8H16N2O2/c1-7(11)6-9-8(12)10-4-2-3-5-10/h7,11H,2-6H2,1H3,(H,9,12)/t7-/m0/s1. The van der Waals surface area contributed by atoms with E-state index in [2.05, 4.69) is 5.32 Å². The fourth-order valence-electron chi connectivity index (χ4n) is 1.27. The average Bonchev–Trinajstić information content (AvgIpc) is 2.51. The third kappa shape index (κ3) is 2.70. The van der Waals surface area contributed by atoms with Crippen molar-refractivity contribution in [1.82, 2.24) is 10.2 Å². The monoisotopic (exact) mass is 172 g/mol. The van der Waals surface area contributed by atoms with Crippen LogP contribution in [0.2, 0.25) is 0 Å². The number of nitrogens with one attached hydrogen (secondary N) is 1. The molecule has 1 fully saturated rings. The van der Waals surface area contributed by atoms with Gasteiger partial charge in [-0.1, -0.05) is 0 Å². The molecule has 1 heterocycles. The summed E-state index contributed by atoms with van der Waals surface area (Å²) in [7, 11) is 0. The maximum Gasteiger partial charge on any atom is 0.317 e. The van der Waals surface area contributed by atoms with E-state index >= 15 is 0 Å². The first-order valence-corrected chi connectivity index (χ1v) is 4.41. The molecular formula is C8H16N2O2. The molecule has 0 radical (unpaired) electrons. The van der Waals surface area contributed by atoms with E-state index < -0.39 is 6.10 Å². The number of amides is 2. The lowest BCUT2D eigenvalue weighted by Gasteiger charge is -2.16. The van der Waals surface area contributed by atoms with Gasteiger partial charge in [-0.05, 0) is 19.8 Å². The van der Waals surface area contributed by atoms with Gasteiger partial charge in [0, 0.05) is 19.6 Å². The van der Waals surface area contributed by atoms with Gasteiger partial charge in [-0.2, -0.15) is 0 Å². The van der Waals surface area contributed by atoms with Gasteiger partial charge in [0.15, 0.2) is 0 Å². The molecule has 1 rings (SSSR count). The summed E-state index contributed by atoms with van der Waals surface area (Å²) in [6, 6.07) is -0.0478. The maximum absolute atomic E-state index is 11.3. The number of aliphatic hydroxyl groups is 1. The molecule has 4 nitrogen and oxygen atoms in total. The van der Waals surface area contributed by atoms with Gasteiger partial charge in [0.05, 0.1) is 6.10 Å². The van der Waals surface area contributed by atoms with Crippen LogP contribution >= 0.6 is 0 Å². The summed E-state index contributed by atoms with van der Waals surface area (Å²) < 4.78 is 0. The Bertz CT molecular complexity index is 153. The minimum absolute atomic E-state index is 0.0478. The van der Waals surface area contributed by atoms with E-state index in [0.717, 1.165) is 25.9 Å². The number of likely N-dealkylation sites (tertiary alicyclic amines) is 1. The number of hydrogen-bond donors (Lipinski definition) is 2. The normalized spacial score (nSPS) is 19.3. The molecule has 0 aromatic rings. The molecule has 1 aliphatic heterocycles. The van der Waals surface area contributed by atoms with Crippen LogP contribution in [-0.4, -0.2) is 41.8 Å². The smallest absolute Gasteiger partial charge is 0.317 e. The number of carbonyl (C=O) groups excluding carboxylic acids is 1. The topological polar surface area (TPSA) is 52.6 Å². The van der Waals surface area contributed by atoms with Gasteiger partial charge in [-0.25, -0.2) is 4.79 Å². The molecule has 0 aromatic heterocycles. The molecule has 1 atom stereocenters. The van der Waals surface area contributed by atoms with Crippen LogP contribution in [0.25, 0.3) is 0 Å². The van der Waals surface area contributed by atoms with Crippen molar-refractivity contribution in [3.05, 3.63) is 0 Å². The highest BCUT2D eigenvalue weighted by molar-refractivity contribution is 5.74. The average molecular weight is 172 g/mol. The predicted octanol–water partition coefficient (Wildman–Crippen LogP) is 0.173. The minimum Gasteiger partial charge on any atom is -0.392 e. The van der Waals surface area contributed by atoms with Crippen molar-refractivity contribution < 1.29 is 9.90 Å². The quantitative estimate of drug-likeness (QED) is 0.624. The van der Waals surface area contributed by atoms with Gasteiger partial charge in [-0.15, -0.1) is 0 Å². The van der Waals surface area contributed by atoms with Crippen LogP contribution in [-0.2, 0) is 0 Å². The molecule has 0 spiro atoms. The maximum atomic E-state index is 11.3. The zero-order valence-electron chi connectivity index (χ0n) is 7.42. The van der Waals surface area contributed by atoms with Gasteiger partial charge >= 0.3 is 6.03 Å². The van der Waals surface area contributed by atoms with Crippen LogP contribution in [0.1, 0.15) is 19.8 Å². The van der Waals surface area contributed by atoms with Crippen molar-refractivity contribution in [2.75, 3.05) is 19.6 Å². The molecule has 2 amide bonds. The Kier molecular flexibility index (Phi) is 3.34. The lowest BCUT2D eigenvalue weighted by Crippen LogP contribution is -2.40. The fourth-order valence-corrected chi connectivity index (χ4v) is 1.27. The largest absolute Gasteiger partial charge is 0.392 e. The first-order chi connectivity index (χ1) is 5.70. The summed E-state index contributed by atoms with van der Waals surface area (Å²) in [4.78, 5) is 13.0. The Balaban J connectivity index is 2.18. The van der Waals surface area contributed by atoms with E-state index in [0.29, 0.717) is 6.54 Å². The Morgan fingerprint density at radius 3 is 2.67 bits per heavy atom. The number of nitrogens with zero attached hydrogens (tertiary/aromatic N) is 1. The van der Waals surface area contributed by atoms with Crippen LogP contribution in [0.4, 0.5) is 4.79 Å². The van der Waals surface area contributed by atoms with E-state index in [-0.39, 0.29) is 6.03 Å². The number of hydrogen-bond acceptors (Lipinski definition) is 2. The van der Waals surface area contributed by atoms with Crippen LogP contribution in [0.15, 0.2) is 0 Å². The Morgan fingerprint density at radius 2 is 2.17 bits per heavy atom. The van der Waals surface area contributed by atoms with E-state index in [1.54, 1.807) is 11.8 Å². The van der Waals surface area contributed by atoms with Crippen LogP contribution in [0.3, 0.4) is 0 Å². The molecule has 1 aliphatic rings. The summed E-state index contributed by atoms with van der Waals surface area (Å²) in [6.45, 7) is 3.71. The molecule has 0 bridgehead atoms. The molecule has 2 N–H and O–H groups in total. The van der Waals surface area contributed by atoms with E-state index in [1.807, 2.05) is 0 Å². The Morgan fingerprint density at radius 1 is 1.58 bits per heavy atom. The fraction of sp³-hybridized carbons (Fsp3) is 0.875. The van der Waals surface area contributed by atoms with Crippen molar-refractivity contribution in [3.63, 3.8) is 0 Å². The van der Waals surface area contributed by atoms with Crippen molar-refractivity contribution in [2.24, 2.45) is 0 Å². The van der Waals surface area contributed by atoms with Crippen molar-refractivity contribution in [1.29, 1.82) is 0 Å². The Hall–Kier alpha value is -0.770. The predicted molar refractivity (Wildman–Crippen MR) is 45.9 cm³/mol. The summed E-state index contributed by atoms with van der Waals surface area (Å²) >= 11 is 0. The van der Waals surface area contributed by atoms with Crippen LogP contribution in [0.5, 0.6) is 0 Å². The summed E-state index contributed by atoms with van der Waals surface area (Å²) in [5, 5.41) is 11.6. The van der Waals surface area contributed by atoms with Gasteiger partial charge in [0.2, 0.25) is 0 Å². The zero-order valence-corrected chi connectivity index (χ0v) is 7.42. The second-order valence-electron chi connectivity index (χ2n) is 3.23. The number of urea groups is 1. The first-order valence-electron chi connectivity index (χ1n) is 4.41. The summed E-state index contributed by atoms with van der Waals surface area (Å²) in [5.41, 5.74) is 0. The number of carbonyl (C=O) groups is 1. The van der Waals surface area contributed by atoms with Gasteiger partial charge < -0.3 is 15.3 Å². The highest BCUT2D eigenvalue weighted by atomic mass is 16.3. The lowest BCUT2D eigenvalue weighted by molar-refractivity contribution is 0.176. The van der Waals surface area contributed by atoms with E-state index in [1.165, 1.54) is 0 Å². The number of aliphatic hydroxyl groups excluding tert-OH is 1. The first kappa shape index (κ1) is 9.32. The highest BCUT2D eigenvalue weighted by Gasteiger charge is 2.17. The van der Waals surface area contributed by atoms with Gasteiger partial charge in [0.25, 0.3) is 0 Å². The molecule has 1 saturated heterocycles. The third-order valence-electron chi connectivity index (χ3n) is 1.94. The summed E-state index contributed by atoms with van der Waals surface area (Å²) in [5.74, 6) is 0. The van der Waals surface area contributed by atoms with Crippen molar-refractivity contribution in [3.8, 4) is 0 Å². The minimum atomic E-state index is -0.462. The molecule has 4 heteroatoms. The molecule has 12 heavy (non-hydrogen) atoms. The van der Waals surface area contributed by atoms with E-state index in [4.69, 9.17) is 5.11 Å². The highest BCUT2D eigenvalue weighted by Crippen LogP contribution is 2.06. The molecule has 0 unspecified atom stereocenters. The molecule has 0 aliphatic carbocycles. The SMILES string of the molecule is C[C@H](O)CNC(=O)N1CCCC1. The Labute approximate surface area is 72.6 Å². The molecule has 0 saturated carbocycles. The summed E-state index contributed by atoms with van der Waals surface area (Å²) in [6.07, 6.45) is 1.74.